The lowest BCUT2D eigenvalue weighted by molar-refractivity contribution is -0.0925. The first-order valence-electron chi connectivity index (χ1n) is 12.5. The molecule has 1 atom stereocenters. The summed E-state index contributed by atoms with van der Waals surface area (Å²) in [7, 11) is 3.37. The highest BCUT2D eigenvalue weighted by atomic mass is 35.5. The molecule has 0 amide bonds. The molecule has 2 aromatic carbocycles. The second-order valence-electron chi connectivity index (χ2n) is 9.25. The van der Waals surface area contributed by atoms with Crippen LogP contribution in [0.2, 0.25) is 5.02 Å². The van der Waals surface area contributed by atoms with E-state index in [1.54, 1.807) is 20.3 Å². The van der Waals surface area contributed by atoms with E-state index in [4.69, 9.17) is 35.3 Å². The van der Waals surface area contributed by atoms with Crippen LogP contribution < -0.4 is 14.2 Å². The van der Waals surface area contributed by atoms with Gasteiger partial charge in [-0.1, -0.05) is 23.7 Å². The molecule has 2 heterocycles. The molecule has 3 aromatic rings. The SMILES string of the molecule is COc1ccc(CN2CCOC[C@@](COc3cccc(Cl)c3)(OC)C2)cc1OCCCn1ccnc1C. The quantitative estimate of drug-likeness (QED) is 0.317. The van der Waals surface area contributed by atoms with Crippen molar-refractivity contribution in [3.05, 3.63) is 71.3 Å². The Labute approximate surface area is 224 Å². The van der Waals surface area contributed by atoms with Crippen LogP contribution in [0.15, 0.2) is 54.9 Å². The van der Waals surface area contributed by atoms with E-state index in [9.17, 15) is 0 Å². The number of halogens is 1. The lowest BCUT2D eigenvalue weighted by Gasteiger charge is -2.34. The van der Waals surface area contributed by atoms with Gasteiger partial charge in [0.15, 0.2) is 11.5 Å². The number of methoxy groups -OCH3 is 2. The second kappa shape index (κ2) is 13.1. The fourth-order valence-corrected chi connectivity index (χ4v) is 4.59. The summed E-state index contributed by atoms with van der Waals surface area (Å²) in [6.07, 6.45) is 4.68. The fraction of sp³-hybridized carbons (Fsp3) is 0.464. The summed E-state index contributed by atoms with van der Waals surface area (Å²) in [6, 6.07) is 13.5. The summed E-state index contributed by atoms with van der Waals surface area (Å²) in [4.78, 5) is 6.59. The van der Waals surface area contributed by atoms with Gasteiger partial charge in [0.05, 0.1) is 26.9 Å². The Kier molecular flexibility index (Phi) is 9.68. The van der Waals surface area contributed by atoms with E-state index in [2.05, 4.69) is 26.6 Å². The van der Waals surface area contributed by atoms with E-state index in [-0.39, 0.29) is 0 Å². The third kappa shape index (κ3) is 7.61. The smallest absolute Gasteiger partial charge is 0.161 e. The average molecular weight is 530 g/mol. The zero-order valence-corrected chi connectivity index (χ0v) is 22.6. The van der Waals surface area contributed by atoms with E-state index in [1.807, 2.05) is 43.6 Å². The largest absolute Gasteiger partial charge is 0.493 e. The Bertz CT molecular complexity index is 1140. The zero-order chi connectivity index (χ0) is 26.1. The number of hydrogen-bond donors (Lipinski definition) is 0. The summed E-state index contributed by atoms with van der Waals surface area (Å²) >= 11 is 6.11. The number of imidazole rings is 1. The number of aryl methyl sites for hydroxylation is 2. The molecule has 0 radical (unpaired) electrons. The van der Waals surface area contributed by atoms with E-state index < -0.39 is 5.60 Å². The average Bonchev–Trinajstić information content (AvgIpc) is 3.20. The highest BCUT2D eigenvalue weighted by Gasteiger charge is 2.36. The molecule has 8 nitrogen and oxygen atoms in total. The maximum atomic E-state index is 6.12. The van der Waals surface area contributed by atoms with Gasteiger partial charge in [-0.3, -0.25) is 4.90 Å². The molecule has 0 bridgehead atoms. The van der Waals surface area contributed by atoms with Crippen molar-refractivity contribution in [3.8, 4) is 17.2 Å². The summed E-state index contributed by atoms with van der Waals surface area (Å²) in [5.41, 5.74) is 0.528. The van der Waals surface area contributed by atoms with Crippen molar-refractivity contribution in [3.63, 3.8) is 0 Å². The Morgan fingerprint density at radius 2 is 2.00 bits per heavy atom. The summed E-state index contributed by atoms with van der Waals surface area (Å²) < 4.78 is 31.7. The van der Waals surface area contributed by atoms with Crippen molar-refractivity contribution in [2.24, 2.45) is 0 Å². The first-order valence-corrected chi connectivity index (χ1v) is 12.9. The fourth-order valence-electron chi connectivity index (χ4n) is 4.41. The second-order valence-corrected chi connectivity index (χ2v) is 9.69. The van der Waals surface area contributed by atoms with Gasteiger partial charge >= 0.3 is 0 Å². The van der Waals surface area contributed by atoms with Crippen molar-refractivity contribution in [2.45, 2.75) is 32.0 Å². The predicted molar refractivity (Wildman–Crippen MR) is 143 cm³/mol. The third-order valence-corrected chi connectivity index (χ3v) is 6.75. The highest BCUT2D eigenvalue weighted by Crippen LogP contribution is 2.30. The molecule has 1 aliphatic rings. The number of hydrogen-bond acceptors (Lipinski definition) is 7. The minimum absolute atomic E-state index is 0.355. The number of aromatic nitrogens is 2. The number of nitrogens with zero attached hydrogens (tertiary/aromatic N) is 3. The molecule has 1 fully saturated rings. The summed E-state index contributed by atoms with van der Waals surface area (Å²) in [6.45, 7) is 7.05. The topological polar surface area (TPSA) is 67.2 Å². The van der Waals surface area contributed by atoms with Crippen LogP contribution in [0.25, 0.3) is 0 Å². The lowest BCUT2D eigenvalue weighted by atomic mass is 10.1. The number of rotatable bonds is 12. The maximum Gasteiger partial charge on any atom is 0.161 e. The van der Waals surface area contributed by atoms with Gasteiger partial charge in [-0.05, 0) is 49.2 Å². The normalized spacial score (nSPS) is 18.4. The highest BCUT2D eigenvalue weighted by molar-refractivity contribution is 6.30. The van der Waals surface area contributed by atoms with Gasteiger partial charge in [0.1, 0.15) is 23.8 Å². The van der Waals surface area contributed by atoms with Crippen LogP contribution in [-0.4, -0.2) is 73.8 Å². The molecule has 1 aromatic heterocycles. The van der Waals surface area contributed by atoms with Crippen LogP contribution in [0, 0.1) is 6.92 Å². The molecule has 37 heavy (non-hydrogen) atoms. The molecule has 4 rings (SSSR count). The Morgan fingerprint density at radius 1 is 1.11 bits per heavy atom. The van der Waals surface area contributed by atoms with Crippen LogP contribution in [0.3, 0.4) is 0 Å². The first-order chi connectivity index (χ1) is 18.0. The van der Waals surface area contributed by atoms with Gasteiger partial charge in [0.2, 0.25) is 0 Å². The molecule has 0 N–H and O–H groups in total. The van der Waals surface area contributed by atoms with Crippen LogP contribution in [0.4, 0.5) is 0 Å². The van der Waals surface area contributed by atoms with E-state index >= 15 is 0 Å². The van der Waals surface area contributed by atoms with Gasteiger partial charge in [0, 0.05) is 50.7 Å². The maximum absolute atomic E-state index is 6.12. The molecular formula is C28H36ClN3O5. The van der Waals surface area contributed by atoms with Gasteiger partial charge in [-0.25, -0.2) is 4.98 Å². The predicted octanol–water partition coefficient (Wildman–Crippen LogP) is 4.62. The Balaban J connectivity index is 1.37. The number of benzene rings is 2. The molecule has 1 saturated heterocycles. The zero-order valence-electron chi connectivity index (χ0n) is 21.8. The van der Waals surface area contributed by atoms with Gasteiger partial charge in [-0.15, -0.1) is 0 Å². The standard InChI is InChI=1S/C28H36ClN3O5/c1-22-30-10-12-32(22)11-5-14-36-27-16-23(8-9-26(27)33-2)18-31-13-15-35-20-28(19-31,34-3)21-37-25-7-4-6-24(29)17-25/h4,6-10,12,16-17H,5,11,13-15,18-21H2,1-3H3/t28-/m0/s1. The van der Waals surface area contributed by atoms with Crippen molar-refractivity contribution in [1.29, 1.82) is 0 Å². The lowest BCUT2D eigenvalue weighted by Crippen LogP contribution is -2.50. The first kappa shape index (κ1) is 27.3. The van der Waals surface area contributed by atoms with Crippen LogP contribution in [-0.2, 0) is 22.6 Å². The van der Waals surface area contributed by atoms with Gasteiger partial charge in [0.25, 0.3) is 0 Å². The molecular weight excluding hydrogens is 494 g/mol. The molecule has 0 unspecified atom stereocenters. The van der Waals surface area contributed by atoms with Crippen molar-refractivity contribution < 1.29 is 23.7 Å². The summed E-state index contributed by atoms with van der Waals surface area (Å²) in [5.74, 6) is 3.18. The molecule has 0 spiro atoms. The minimum Gasteiger partial charge on any atom is -0.493 e. The molecule has 9 heteroatoms. The van der Waals surface area contributed by atoms with E-state index in [0.717, 1.165) is 48.9 Å². The van der Waals surface area contributed by atoms with Crippen LogP contribution >= 0.6 is 11.6 Å². The van der Waals surface area contributed by atoms with Crippen LogP contribution in [0.5, 0.6) is 17.2 Å². The third-order valence-electron chi connectivity index (χ3n) is 6.52. The van der Waals surface area contributed by atoms with Crippen molar-refractivity contribution >= 4 is 11.6 Å². The van der Waals surface area contributed by atoms with Gasteiger partial charge < -0.3 is 28.3 Å². The Hall–Kier alpha value is -2.78. The van der Waals surface area contributed by atoms with Crippen molar-refractivity contribution in [2.75, 3.05) is 53.7 Å². The molecule has 1 aliphatic heterocycles. The van der Waals surface area contributed by atoms with Gasteiger partial charge in [-0.2, -0.15) is 0 Å². The molecule has 0 saturated carbocycles. The van der Waals surface area contributed by atoms with Crippen molar-refractivity contribution in [1.82, 2.24) is 14.5 Å². The molecule has 0 aliphatic carbocycles. The molecule has 200 valence electrons. The van der Waals surface area contributed by atoms with E-state index in [0.29, 0.717) is 43.7 Å². The van der Waals surface area contributed by atoms with Crippen LogP contribution in [0.1, 0.15) is 17.8 Å². The summed E-state index contributed by atoms with van der Waals surface area (Å²) in [5, 5.41) is 0.636. The minimum atomic E-state index is -0.601. The Morgan fingerprint density at radius 3 is 2.76 bits per heavy atom. The monoisotopic (exact) mass is 529 g/mol. The van der Waals surface area contributed by atoms with E-state index in [1.165, 1.54) is 0 Å². The number of ether oxygens (including phenoxy) is 5.